The maximum atomic E-state index is 6.26. The van der Waals surface area contributed by atoms with Crippen molar-refractivity contribution < 1.29 is 14.2 Å². The number of hydrogen-bond donors (Lipinski definition) is 1. The Balaban J connectivity index is 4.48. The minimum Gasteiger partial charge on any atom is -0.385 e. The number of methoxy groups -OCH3 is 1. The molecule has 6 nitrogen and oxygen atoms in total. The van der Waals surface area contributed by atoms with Crippen molar-refractivity contribution in [3.8, 4) is 0 Å². The molecule has 0 aliphatic heterocycles. The Morgan fingerprint density at radius 3 is 1.14 bits per heavy atom. The normalized spacial score (nSPS) is 13.3. The van der Waals surface area contributed by atoms with Gasteiger partial charge in [-0.3, -0.25) is 4.99 Å². The van der Waals surface area contributed by atoms with Crippen molar-refractivity contribution in [2.45, 2.75) is 290 Å². The molecule has 1 unspecified atom stereocenters. The summed E-state index contributed by atoms with van der Waals surface area (Å²) in [5.41, 5.74) is 0.152. The summed E-state index contributed by atoms with van der Waals surface area (Å²) < 4.78 is 17.6. The van der Waals surface area contributed by atoms with E-state index >= 15 is 0 Å². The van der Waals surface area contributed by atoms with E-state index < -0.39 is 0 Å². The lowest BCUT2D eigenvalue weighted by Crippen LogP contribution is -2.33. The molecule has 0 aliphatic carbocycles. The van der Waals surface area contributed by atoms with Gasteiger partial charge in [0.2, 0.25) is 0 Å². The third-order valence-corrected chi connectivity index (χ3v) is 12.7. The maximum Gasteiger partial charge on any atom is 0.103 e. The first-order valence-electron chi connectivity index (χ1n) is 26.2. The predicted molar refractivity (Wildman–Crippen MR) is 263 cm³/mol. The van der Waals surface area contributed by atoms with E-state index in [9.17, 15) is 0 Å². The highest BCUT2D eigenvalue weighted by atomic mass is 16.5. The average Bonchev–Trinajstić information content (AvgIpc) is 3.21. The Morgan fingerprint density at radius 1 is 0.475 bits per heavy atom. The van der Waals surface area contributed by atoms with Gasteiger partial charge < -0.3 is 20.1 Å². The second-order valence-electron chi connectivity index (χ2n) is 19.7. The summed E-state index contributed by atoms with van der Waals surface area (Å²) in [6.07, 6.45) is 53.0. The summed E-state index contributed by atoms with van der Waals surface area (Å²) in [6, 6.07) is 0. The highest BCUT2D eigenvalue weighted by Crippen LogP contribution is 2.22. The molecular weight excluding hydrogens is 727 g/mol. The Kier molecular flexibility index (Phi) is 42.9. The number of unbranched alkanes of at least 4 members (excludes halogenated alkanes) is 31. The molecule has 0 saturated carbocycles. The van der Waals surface area contributed by atoms with E-state index in [-0.39, 0.29) is 11.2 Å². The van der Waals surface area contributed by atoms with Crippen molar-refractivity contribution in [1.82, 2.24) is 0 Å². The van der Waals surface area contributed by atoms with E-state index in [1.165, 1.54) is 225 Å². The van der Waals surface area contributed by atoms with Gasteiger partial charge in [-0.2, -0.15) is 5.10 Å². The first kappa shape index (κ1) is 58.0. The van der Waals surface area contributed by atoms with Crippen molar-refractivity contribution >= 4 is 11.9 Å². The van der Waals surface area contributed by atoms with Crippen LogP contribution < -0.4 is 5.84 Å². The lowest BCUT2D eigenvalue weighted by molar-refractivity contribution is -0.0719. The molecule has 352 valence electrons. The highest BCUT2D eigenvalue weighted by Gasteiger charge is 2.23. The Labute approximate surface area is 370 Å². The molecule has 0 fully saturated rings. The van der Waals surface area contributed by atoms with Crippen molar-refractivity contribution in [2.24, 2.45) is 21.9 Å². The zero-order chi connectivity index (χ0) is 43.4. The van der Waals surface area contributed by atoms with Crippen LogP contribution >= 0.6 is 0 Å². The van der Waals surface area contributed by atoms with Crippen molar-refractivity contribution in [3.05, 3.63) is 0 Å². The molecule has 6 heteroatoms. The van der Waals surface area contributed by atoms with E-state index in [2.05, 4.69) is 46.6 Å². The van der Waals surface area contributed by atoms with Gasteiger partial charge in [0.05, 0.1) is 24.4 Å². The fourth-order valence-electron chi connectivity index (χ4n) is 8.22. The standard InChI is InChI=1S/C53H107N3O3/c1-8-10-12-14-16-18-20-22-24-26-28-30-32-34-36-38-40-42-50(41-39-37-35-33-31-29-27-25-23-21-19-17-15-13-11-9-2)47-55-48-51(56-54)49-59-53(5,6)44-46-58-52(3,4)43-45-57-7/h48,50H,8-47,49,54H2,1-7H3/b55-48?,56-51+. The summed E-state index contributed by atoms with van der Waals surface area (Å²) in [5, 5.41) is 4.04. The lowest BCUT2D eigenvalue weighted by atomic mass is 9.94. The third kappa shape index (κ3) is 43.5. The SMILES string of the molecule is CCCCCCCCCCCCCCCCCCCC(CCCCCCCCCCCCCCCCCC)CN=C/C(COC(C)(C)CCOC(C)(C)CCOC)=N\N. The fraction of sp³-hybridized carbons (Fsp3) is 0.962. The van der Waals surface area contributed by atoms with Crippen LogP contribution in [0.25, 0.3) is 0 Å². The van der Waals surface area contributed by atoms with Gasteiger partial charge in [0.25, 0.3) is 0 Å². The number of hydrogen-bond acceptors (Lipinski definition) is 6. The third-order valence-electron chi connectivity index (χ3n) is 12.7. The topological polar surface area (TPSA) is 78.4 Å². The molecule has 0 saturated heterocycles. The van der Waals surface area contributed by atoms with E-state index in [1.54, 1.807) is 7.11 Å². The van der Waals surface area contributed by atoms with Gasteiger partial charge in [-0.25, -0.2) is 0 Å². The van der Waals surface area contributed by atoms with Crippen LogP contribution in [0.1, 0.15) is 279 Å². The molecule has 0 rings (SSSR count). The number of nitrogens with two attached hydrogens (primary N) is 1. The first-order valence-corrected chi connectivity index (χ1v) is 26.2. The number of rotatable bonds is 48. The number of hydrazone groups is 1. The number of nitrogens with zero attached hydrogens (tertiary/aromatic N) is 2. The second kappa shape index (κ2) is 43.7. The molecule has 0 heterocycles. The van der Waals surface area contributed by atoms with Gasteiger partial charge in [-0.1, -0.05) is 226 Å². The summed E-state index contributed by atoms with van der Waals surface area (Å²) >= 11 is 0. The molecule has 0 bridgehead atoms. The smallest absolute Gasteiger partial charge is 0.103 e. The van der Waals surface area contributed by atoms with Crippen LogP contribution in [-0.2, 0) is 14.2 Å². The zero-order valence-corrected chi connectivity index (χ0v) is 41.3. The lowest BCUT2D eigenvalue weighted by Gasteiger charge is -2.29. The molecule has 0 amide bonds. The molecule has 0 aromatic heterocycles. The average molecular weight is 834 g/mol. The Morgan fingerprint density at radius 2 is 0.797 bits per heavy atom. The Bertz CT molecular complexity index is 904. The molecular formula is C53H107N3O3. The molecule has 0 aromatic rings. The van der Waals surface area contributed by atoms with Crippen LogP contribution in [0.2, 0.25) is 0 Å². The number of aliphatic imine (C=N–C) groups is 1. The second-order valence-corrected chi connectivity index (χ2v) is 19.7. The monoisotopic (exact) mass is 834 g/mol. The van der Waals surface area contributed by atoms with Gasteiger partial charge in [0.1, 0.15) is 5.71 Å². The van der Waals surface area contributed by atoms with Crippen LogP contribution in [0.4, 0.5) is 0 Å². The molecule has 0 aliphatic rings. The van der Waals surface area contributed by atoms with Crippen molar-refractivity contribution in [2.75, 3.05) is 33.5 Å². The summed E-state index contributed by atoms with van der Waals surface area (Å²) in [7, 11) is 1.73. The van der Waals surface area contributed by atoms with Crippen LogP contribution in [0.5, 0.6) is 0 Å². The summed E-state index contributed by atoms with van der Waals surface area (Å²) in [4.78, 5) is 4.90. The van der Waals surface area contributed by atoms with E-state index in [1.807, 2.05) is 6.21 Å². The minimum absolute atomic E-state index is 0.211. The zero-order valence-electron chi connectivity index (χ0n) is 41.3. The van der Waals surface area contributed by atoms with E-state index in [0.717, 1.165) is 19.4 Å². The number of ether oxygens (including phenoxy) is 3. The van der Waals surface area contributed by atoms with Crippen LogP contribution in [0.15, 0.2) is 10.1 Å². The predicted octanol–water partition coefficient (Wildman–Crippen LogP) is 16.7. The minimum atomic E-state index is -0.343. The van der Waals surface area contributed by atoms with Crippen molar-refractivity contribution in [3.63, 3.8) is 0 Å². The van der Waals surface area contributed by atoms with Gasteiger partial charge >= 0.3 is 0 Å². The fourth-order valence-corrected chi connectivity index (χ4v) is 8.22. The van der Waals surface area contributed by atoms with Crippen LogP contribution in [0.3, 0.4) is 0 Å². The molecule has 59 heavy (non-hydrogen) atoms. The van der Waals surface area contributed by atoms with Gasteiger partial charge in [0, 0.05) is 26.5 Å². The maximum absolute atomic E-state index is 6.26. The van der Waals surface area contributed by atoms with Gasteiger partial charge in [-0.05, 0) is 59.3 Å². The molecule has 0 aromatic carbocycles. The van der Waals surface area contributed by atoms with E-state index in [0.29, 0.717) is 31.5 Å². The van der Waals surface area contributed by atoms with E-state index in [4.69, 9.17) is 25.0 Å². The Hall–Kier alpha value is -0.980. The highest BCUT2D eigenvalue weighted by molar-refractivity contribution is 6.31. The molecule has 1 atom stereocenters. The van der Waals surface area contributed by atoms with Gasteiger partial charge in [0.15, 0.2) is 0 Å². The summed E-state index contributed by atoms with van der Waals surface area (Å²) in [5.74, 6) is 6.45. The van der Waals surface area contributed by atoms with Crippen LogP contribution in [0, 0.1) is 5.92 Å². The largest absolute Gasteiger partial charge is 0.385 e. The molecule has 2 N–H and O–H groups in total. The summed E-state index contributed by atoms with van der Waals surface area (Å²) in [6.45, 7) is 15.6. The molecule has 0 spiro atoms. The first-order chi connectivity index (χ1) is 28.7. The van der Waals surface area contributed by atoms with Crippen LogP contribution in [-0.4, -0.2) is 56.6 Å². The van der Waals surface area contributed by atoms with Crippen molar-refractivity contribution in [1.29, 1.82) is 0 Å². The molecule has 0 radical (unpaired) electrons. The quantitative estimate of drug-likeness (QED) is 0.0287. The van der Waals surface area contributed by atoms with Gasteiger partial charge in [-0.15, -0.1) is 0 Å².